The van der Waals surface area contributed by atoms with Crippen LogP contribution < -0.4 is 4.90 Å². The van der Waals surface area contributed by atoms with Crippen LogP contribution in [0.15, 0.2) is 70.8 Å². The van der Waals surface area contributed by atoms with Crippen LogP contribution in [-0.2, 0) is 25.6 Å². The highest BCUT2D eigenvalue weighted by Crippen LogP contribution is 2.55. The van der Waals surface area contributed by atoms with Crippen LogP contribution in [-0.4, -0.2) is 28.5 Å². The van der Waals surface area contributed by atoms with E-state index in [9.17, 15) is 24.3 Å². The zero-order chi connectivity index (χ0) is 27.7. The number of ketones is 2. The van der Waals surface area contributed by atoms with Crippen LogP contribution in [0, 0.1) is 31.6 Å². The second-order valence-electron chi connectivity index (χ2n) is 11.3. The van der Waals surface area contributed by atoms with Crippen molar-refractivity contribution in [2.75, 3.05) is 4.90 Å². The molecule has 4 atom stereocenters. The summed E-state index contributed by atoms with van der Waals surface area (Å²) in [4.78, 5) is 55.8. The number of Topliss-reactive ketones (excluding diaryl/α,β-unsaturated/α-hetero) is 1. The summed E-state index contributed by atoms with van der Waals surface area (Å²) < 4.78 is 0. The number of amides is 2. The molecule has 0 unspecified atom stereocenters. The maximum absolute atomic E-state index is 14.0. The first-order valence-corrected chi connectivity index (χ1v) is 13.6. The Hall–Kier alpha value is -4.06. The molecule has 2 aromatic carbocycles. The Kier molecular flexibility index (Phi) is 5.83. The first-order valence-electron chi connectivity index (χ1n) is 13.6. The quantitative estimate of drug-likeness (QED) is 0.340. The van der Waals surface area contributed by atoms with E-state index in [1.54, 1.807) is 6.92 Å². The van der Waals surface area contributed by atoms with Crippen molar-refractivity contribution >= 4 is 29.1 Å². The number of carbonyl (C=O) groups is 4. The summed E-state index contributed by atoms with van der Waals surface area (Å²) >= 11 is 0. The van der Waals surface area contributed by atoms with Crippen molar-refractivity contribution in [3.8, 4) is 5.75 Å². The van der Waals surface area contributed by atoms with Crippen molar-refractivity contribution in [3.63, 3.8) is 0 Å². The molecule has 0 radical (unpaired) electrons. The fourth-order valence-electron chi connectivity index (χ4n) is 7.05. The van der Waals surface area contributed by atoms with Crippen molar-refractivity contribution in [1.82, 2.24) is 0 Å². The van der Waals surface area contributed by atoms with Gasteiger partial charge in [-0.3, -0.25) is 24.1 Å². The minimum atomic E-state index is -0.603. The molecule has 39 heavy (non-hydrogen) atoms. The standard InChI is InChI=1S/C33H31NO5/c1-5-19-6-8-21(9-7-19)34-32(38)23-11-10-22-24(28(23)33(34)39)15-25-29(26(35)14-18(4)31(25)37)27(22)20-12-16(2)30(36)17(3)13-20/h6-10,12-14,23-24,27-28,36H,5,11,15H2,1-4H3/t23-,24+,27-,28-/m0/s1. The van der Waals surface area contributed by atoms with Gasteiger partial charge in [-0.1, -0.05) is 42.8 Å². The molecule has 1 heterocycles. The largest absolute Gasteiger partial charge is 0.507 e. The third kappa shape index (κ3) is 3.68. The molecule has 0 spiro atoms. The highest BCUT2D eigenvalue weighted by Gasteiger charge is 2.56. The summed E-state index contributed by atoms with van der Waals surface area (Å²) in [7, 11) is 0. The van der Waals surface area contributed by atoms with Crippen LogP contribution in [0.4, 0.5) is 5.69 Å². The highest BCUT2D eigenvalue weighted by atomic mass is 16.3. The van der Waals surface area contributed by atoms with Gasteiger partial charge in [-0.15, -0.1) is 0 Å². The van der Waals surface area contributed by atoms with E-state index in [-0.39, 0.29) is 41.5 Å². The molecule has 1 N–H and O–H groups in total. The molecule has 6 rings (SSSR count). The molecule has 198 valence electrons. The van der Waals surface area contributed by atoms with Crippen LogP contribution in [0.1, 0.15) is 54.9 Å². The molecule has 6 heteroatoms. The Morgan fingerprint density at radius 3 is 2.23 bits per heavy atom. The zero-order valence-electron chi connectivity index (χ0n) is 22.6. The highest BCUT2D eigenvalue weighted by molar-refractivity contribution is 6.25. The zero-order valence-corrected chi connectivity index (χ0v) is 22.6. The second kappa shape index (κ2) is 9.01. The van der Waals surface area contributed by atoms with E-state index in [1.807, 2.05) is 56.3 Å². The van der Waals surface area contributed by atoms with Gasteiger partial charge >= 0.3 is 0 Å². The number of phenols is 1. The van der Waals surface area contributed by atoms with E-state index in [1.165, 1.54) is 11.0 Å². The van der Waals surface area contributed by atoms with Gasteiger partial charge < -0.3 is 5.11 Å². The Bertz CT molecular complexity index is 1550. The molecule has 6 nitrogen and oxygen atoms in total. The van der Waals surface area contributed by atoms with Gasteiger partial charge in [0.05, 0.1) is 17.5 Å². The number of hydrogen-bond acceptors (Lipinski definition) is 5. The summed E-state index contributed by atoms with van der Waals surface area (Å²) in [6.45, 7) is 7.32. The van der Waals surface area contributed by atoms with Crippen LogP contribution >= 0.6 is 0 Å². The van der Waals surface area contributed by atoms with Gasteiger partial charge in [0.2, 0.25) is 11.8 Å². The number of nitrogens with zero attached hydrogens (tertiary/aromatic N) is 1. The average molecular weight is 522 g/mol. The van der Waals surface area contributed by atoms with Gasteiger partial charge in [0, 0.05) is 22.6 Å². The smallest absolute Gasteiger partial charge is 0.238 e. The van der Waals surface area contributed by atoms with E-state index in [0.29, 0.717) is 40.0 Å². The summed E-state index contributed by atoms with van der Waals surface area (Å²) in [5.41, 5.74) is 6.07. The van der Waals surface area contributed by atoms with Gasteiger partial charge in [0.15, 0.2) is 11.6 Å². The van der Waals surface area contributed by atoms with Crippen LogP contribution in [0.2, 0.25) is 0 Å². The number of rotatable bonds is 3. The lowest BCUT2D eigenvalue weighted by molar-refractivity contribution is -0.123. The molecule has 1 fully saturated rings. The monoisotopic (exact) mass is 521 g/mol. The molecular weight excluding hydrogens is 490 g/mol. The van der Waals surface area contributed by atoms with Crippen molar-refractivity contribution in [3.05, 3.63) is 93.1 Å². The Morgan fingerprint density at radius 1 is 0.923 bits per heavy atom. The number of aryl methyl sites for hydroxylation is 3. The molecule has 2 amide bonds. The first kappa shape index (κ1) is 25.2. The Balaban J connectivity index is 1.48. The van der Waals surface area contributed by atoms with Gasteiger partial charge in [-0.05, 0) is 86.4 Å². The topological polar surface area (TPSA) is 91.8 Å². The number of aromatic hydroxyl groups is 1. The lowest BCUT2D eigenvalue weighted by Crippen LogP contribution is -2.39. The Labute approximate surface area is 227 Å². The van der Waals surface area contributed by atoms with Gasteiger partial charge in [0.25, 0.3) is 0 Å². The predicted octanol–water partition coefficient (Wildman–Crippen LogP) is 5.21. The number of fused-ring (bicyclic) bond motifs is 3. The predicted molar refractivity (Wildman–Crippen MR) is 147 cm³/mol. The summed E-state index contributed by atoms with van der Waals surface area (Å²) in [5.74, 6) is -2.62. The maximum atomic E-state index is 14.0. The average Bonchev–Trinajstić information content (AvgIpc) is 3.18. The molecule has 0 bridgehead atoms. The van der Waals surface area contributed by atoms with Crippen molar-refractivity contribution in [1.29, 1.82) is 0 Å². The van der Waals surface area contributed by atoms with Crippen LogP contribution in [0.3, 0.4) is 0 Å². The minimum absolute atomic E-state index is 0.174. The van der Waals surface area contributed by atoms with E-state index >= 15 is 0 Å². The fourth-order valence-corrected chi connectivity index (χ4v) is 7.05. The van der Waals surface area contributed by atoms with E-state index < -0.39 is 17.8 Å². The molecule has 2 aromatic rings. The van der Waals surface area contributed by atoms with Gasteiger partial charge in [0.1, 0.15) is 5.75 Å². The molecule has 3 aliphatic carbocycles. The molecule has 0 saturated carbocycles. The number of allylic oxidation sites excluding steroid dienone is 6. The number of imide groups is 1. The Morgan fingerprint density at radius 2 is 1.59 bits per heavy atom. The second-order valence-corrected chi connectivity index (χ2v) is 11.3. The molecule has 0 aromatic heterocycles. The van der Waals surface area contributed by atoms with E-state index in [0.717, 1.165) is 23.1 Å². The van der Waals surface area contributed by atoms with Gasteiger partial charge in [-0.2, -0.15) is 0 Å². The minimum Gasteiger partial charge on any atom is -0.507 e. The third-order valence-corrected chi connectivity index (χ3v) is 9.01. The molecule has 4 aliphatic rings. The van der Waals surface area contributed by atoms with E-state index in [2.05, 4.69) is 6.92 Å². The first-order chi connectivity index (χ1) is 18.6. The number of benzene rings is 2. The van der Waals surface area contributed by atoms with Crippen LogP contribution in [0.25, 0.3) is 0 Å². The SMILES string of the molecule is CCc1ccc(N2C(=O)[C@H]3[C@H](CC=C4[C@H](c5cc(C)c(O)c(C)c5)C5=C(C[C@H]43)C(=O)C(C)=CC5=O)C2=O)cc1. The van der Waals surface area contributed by atoms with Crippen molar-refractivity contribution < 1.29 is 24.3 Å². The van der Waals surface area contributed by atoms with Crippen LogP contribution in [0.5, 0.6) is 5.75 Å². The molecule has 1 aliphatic heterocycles. The lowest BCUT2D eigenvalue weighted by Gasteiger charge is -2.42. The summed E-state index contributed by atoms with van der Waals surface area (Å²) in [5, 5.41) is 10.4. The summed E-state index contributed by atoms with van der Waals surface area (Å²) in [6, 6.07) is 11.2. The van der Waals surface area contributed by atoms with Crippen molar-refractivity contribution in [2.45, 2.75) is 52.9 Å². The number of phenolic OH excluding ortho intramolecular Hbond substituents is 1. The van der Waals surface area contributed by atoms with E-state index in [4.69, 9.17) is 0 Å². The van der Waals surface area contributed by atoms with Gasteiger partial charge in [-0.25, -0.2) is 0 Å². The maximum Gasteiger partial charge on any atom is 0.238 e. The molecular formula is C33H31NO5. The fraction of sp³-hybridized carbons (Fsp3) is 0.333. The van der Waals surface area contributed by atoms with Crippen molar-refractivity contribution in [2.24, 2.45) is 17.8 Å². The molecule has 1 saturated heterocycles. The number of anilines is 1. The number of carbonyl (C=O) groups excluding carboxylic acids is 4. The third-order valence-electron chi connectivity index (χ3n) is 9.01. The summed E-state index contributed by atoms with van der Waals surface area (Å²) in [6.07, 6.45) is 4.95. The normalized spacial score (nSPS) is 26.3. The number of hydrogen-bond donors (Lipinski definition) is 1. The lowest BCUT2D eigenvalue weighted by atomic mass is 9.59.